The predicted octanol–water partition coefficient (Wildman–Crippen LogP) is 2.64. The quantitative estimate of drug-likeness (QED) is 0.754. The maximum atomic E-state index is 12.1. The molecule has 2 rings (SSSR count). The van der Waals surface area contributed by atoms with E-state index in [1.165, 1.54) is 0 Å². The van der Waals surface area contributed by atoms with Crippen LogP contribution in [0.1, 0.15) is 28.7 Å². The van der Waals surface area contributed by atoms with E-state index in [1.807, 2.05) is 50.2 Å². The Labute approximate surface area is 101 Å². The average molecular weight is 228 g/mol. The van der Waals surface area contributed by atoms with Gasteiger partial charge in [0.15, 0.2) is 5.78 Å². The smallest absolute Gasteiger partial charge is 0.185 e. The lowest BCUT2D eigenvalue weighted by Gasteiger charge is -2.03. The average Bonchev–Trinajstić information content (AvgIpc) is 2.72. The van der Waals surface area contributed by atoms with Crippen molar-refractivity contribution < 1.29 is 4.79 Å². The van der Waals surface area contributed by atoms with Gasteiger partial charge in [0.2, 0.25) is 0 Å². The second-order valence-corrected chi connectivity index (χ2v) is 4.07. The molecule has 1 aromatic carbocycles. The van der Waals surface area contributed by atoms with E-state index in [0.29, 0.717) is 12.1 Å². The fourth-order valence-corrected chi connectivity index (χ4v) is 1.88. The minimum atomic E-state index is 0.124. The summed E-state index contributed by atoms with van der Waals surface area (Å²) in [6.45, 7) is 4.63. The number of hydrogen-bond donors (Lipinski definition) is 0. The summed E-state index contributed by atoms with van der Waals surface area (Å²) in [5, 5.41) is 4.29. The first-order chi connectivity index (χ1) is 8.20. The Hall–Kier alpha value is -1.90. The lowest BCUT2D eigenvalue weighted by molar-refractivity contribution is 0.0983. The Bertz CT molecular complexity index is 514. The van der Waals surface area contributed by atoms with Crippen LogP contribution < -0.4 is 0 Å². The summed E-state index contributed by atoms with van der Waals surface area (Å²) in [6.07, 6.45) is 0.436. The van der Waals surface area contributed by atoms with Crippen LogP contribution in [0.3, 0.4) is 0 Å². The van der Waals surface area contributed by atoms with Gasteiger partial charge in [-0.25, -0.2) is 0 Å². The molecule has 0 radical (unpaired) electrons. The molecule has 0 unspecified atom stereocenters. The molecular weight excluding hydrogens is 212 g/mol. The minimum absolute atomic E-state index is 0.124. The van der Waals surface area contributed by atoms with Crippen LogP contribution in [0.25, 0.3) is 0 Å². The molecule has 0 aliphatic carbocycles. The molecule has 3 nitrogen and oxygen atoms in total. The zero-order chi connectivity index (χ0) is 12.3. The first kappa shape index (κ1) is 11.6. The van der Waals surface area contributed by atoms with E-state index in [1.54, 1.807) is 4.68 Å². The normalized spacial score (nSPS) is 10.5. The molecule has 0 bridgehead atoms. The maximum absolute atomic E-state index is 12.1. The van der Waals surface area contributed by atoms with Gasteiger partial charge in [-0.2, -0.15) is 5.10 Å². The fraction of sp³-hybridized carbons (Fsp3) is 0.286. The van der Waals surface area contributed by atoms with Crippen LogP contribution in [0, 0.1) is 6.92 Å². The van der Waals surface area contributed by atoms with Gasteiger partial charge in [-0.1, -0.05) is 30.3 Å². The molecule has 88 valence electrons. The fourth-order valence-electron chi connectivity index (χ4n) is 1.88. The van der Waals surface area contributed by atoms with Crippen LogP contribution in [0.2, 0.25) is 0 Å². The molecule has 0 N–H and O–H groups in total. The highest BCUT2D eigenvalue weighted by Gasteiger charge is 2.13. The predicted molar refractivity (Wildman–Crippen MR) is 67.1 cm³/mol. The van der Waals surface area contributed by atoms with Crippen LogP contribution in [0.4, 0.5) is 0 Å². The summed E-state index contributed by atoms with van der Waals surface area (Å²) in [5.74, 6) is 0.124. The monoisotopic (exact) mass is 228 g/mol. The molecule has 2 aromatic rings. The first-order valence-corrected chi connectivity index (χ1v) is 5.82. The standard InChI is InChI=1S/C14H16N2O/c1-3-16-13(9-11(2)15-16)14(17)10-12-7-5-4-6-8-12/h4-9H,3,10H2,1-2H3. The summed E-state index contributed by atoms with van der Waals surface area (Å²) in [7, 11) is 0. The molecule has 1 aromatic heterocycles. The van der Waals surface area contributed by atoms with Gasteiger partial charge in [-0.3, -0.25) is 9.48 Å². The summed E-state index contributed by atoms with van der Waals surface area (Å²) < 4.78 is 1.76. The van der Waals surface area contributed by atoms with E-state index in [0.717, 1.165) is 17.8 Å². The summed E-state index contributed by atoms with van der Waals surface area (Å²) >= 11 is 0. The lowest BCUT2D eigenvalue weighted by Crippen LogP contribution is -2.11. The molecule has 0 fully saturated rings. The Morgan fingerprint density at radius 1 is 1.29 bits per heavy atom. The number of rotatable bonds is 4. The van der Waals surface area contributed by atoms with Crippen molar-refractivity contribution in [3.63, 3.8) is 0 Å². The van der Waals surface area contributed by atoms with Crippen molar-refractivity contribution in [3.8, 4) is 0 Å². The van der Waals surface area contributed by atoms with E-state index in [9.17, 15) is 4.79 Å². The van der Waals surface area contributed by atoms with Gasteiger partial charge in [-0.15, -0.1) is 0 Å². The van der Waals surface area contributed by atoms with Crippen molar-refractivity contribution in [1.29, 1.82) is 0 Å². The van der Waals surface area contributed by atoms with E-state index < -0.39 is 0 Å². The SMILES string of the molecule is CCn1nc(C)cc1C(=O)Cc1ccccc1. The molecule has 1 heterocycles. The van der Waals surface area contributed by atoms with Crippen molar-refractivity contribution in [1.82, 2.24) is 9.78 Å². The van der Waals surface area contributed by atoms with Gasteiger partial charge in [-0.05, 0) is 25.5 Å². The van der Waals surface area contributed by atoms with Crippen molar-refractivity contribution in [2.24, 2.45) is 0 Å². The Morgan fingerprint density at radius 3 is 2.65 bits per heavy atom. The largest absolute Gasteiger partial charge is 0.292 e. The van der Waals surface area contributed by atoms with Crippen LogP contribution in [-0.4, -0.2) is 15.6 Å². The Kier molecular flexibility index (Phi) is 3.38. The number of aryl methyl sites for hydroxylation is 2. The molecule has 0 saturated heterocycles. The molecule has 0 aliphatic heterocycles. The molecule has 0 atom stereocenters. The van der Waals surface area contributed by atoms with Crippen molar-refractivity contribution in [2.45, 2.75) is 26.8 Å². The van der Waals surface area contributed by atoms with Crippen LogP contribution in [0.5, 0.6) is 0 Å². The minimum Gasteiger partial charge on any atom is -0.292 e. The van der Waals surface area contributed by atoms with Gasteiger partial charge in [0, 0.05) is 13.0 Å². The molecule has 0 spiro atoms. The number of carbonyl (C=O) groups is 1. The number of carbonyl (C=O) groups excluding carboxylic acids is 1. The second kappa shape index (κ2) is 4.95. The van der Waals surface area contributed by atoms with Crippen LogP contribution in [-0.2, 0) is 13.0 Å². The molecule has 3 heteroatoms. The van der Waals surface area contributed by atoms with Crippen molar-refractivity contribution in [3.05, 3.63) is 53.3 Å². The van der Waals surface area contributed by atoms with Gasteiger partial charge < -0.3 is 0 Å². The van der Waals surface area contributed by atoms with E-state index in [-0.39, 0.29) is 5.78 Å². The summed E-state index contributed by atoms with van der Waals surface area (Å²) in [5.41, 5.74) is 2.64. The van der Waals surface area contributed by atoms with Gasteiger partial charge in [0.05, 0.1) is 5.69 Å². The molecular formula is C14H16N2O. The van der Waals surface area contributed by atoms with Gasteiger partial charge in [0.25, 0.3) is 0 Å². The number of Topliss-reactive ketones (excluding diaryl/α,β-unsaturated/α-hetero) is 1. The van der Waals surface area contributed by atoms with E-state index in [2.05, 4.69) is 5.10 Å². The Balaban J connectivity index is 2.20. The van der Waals surface area contributed by atoms with Crippen LogP contribution >= 0.6 is 0 Å². The van der Waals surface area contributed by atoms with Gasteiger partial charge >= 0.3 is 0 Å². The maximum Gasteiger partial charge on any atom is 0.185 e. The summed E-state index contributed by atoms with van der Waals surface area (Å²) in [6, 6.07) is 11.6. The number of benzene rings is 1. The molecule has 0 amide bonds. The first-order valence-electron chi connectivity index (χ1n) is 5.82. The third-order valence-corrected chi connectivity index (χ3v) is 2.69. The third-order valence-electron chi connectivity index (χ3n) is 2.69. The number of nitrogens with zero attached hydrogens (tertiary/aromatic N) is 2. The number of aromatic nitrogens is 2. The second-order valence-electron chi connectivity index (χ2n) is 4.07. The lowest BCUT2D eigenvalue weighted by atomic mass is 10.1. The van der Waals surface area contributed by atoms with Gasteiger partial charge in [0.1, 0.15) is 5.69 Å². The van der Waals surface area contributed by atoms with Crippen LogP contribution in [0.15, 0.2) is 36.4 Å². The summed E-state index contributed by atoms with van der Waals surface area (Å²) in [4.78, 5) is 12.1. The number of hydrogen-bond acceptors (Lipinski definition) is 2. The molecule has 17 heavy (non-hydrogen) atoms. The highest BCUT2D eigenvalue weighted by molar-refractivity contribution is 5.96. The highest BCUT2D eigenvalue weighted by Crippen LogP contribution is 2.09. The molecule has 0 saturated carbocycles. The zero-order valence-electron chi connectivity index (χ0n) is 10.2. The van der Waals surface area contributed by atoms with Crippen molar-refractivity contribution >= 4 is 5.78 Å². The zero-order valence-corrected chi connectivity index (χ0v) is 10.2. The third kappa shape index (κ3) is 2.61. The Morgan fingerprint density at radius 2 is 2.00 bits per heavy atom. The number of ketones is 1. The topological polar surface area (TPSA) is 34.9 Å². The van der Waals surface area contributed by atoms with E-state index >= 15 is 0 Å². The highest BCUT2D eigenvalue weighted by atomic mass is 16.1. The van der Waals surface area contributed by atoms with E-state index in [4.69, 9.17) is 0 Å². The van der Waals surface area contributed by atoms with Crippen molar-refractivity contribution in [2.75, 3.05) is 0 Å². The molecule has 0 aliphatic rings.